The molecule has 0 spiro atoms. The van der Waals surface area contributed by atoms with Crippen LogP contribution in [0, 0.1) is 11.8 Å². The molecule has 0 aromatic rings. The average molecular weight is 251 g/mol. The normalized spacial score (nSPS) is 34.7. The van der Waals surface area contributed by atoms with Crippen LogP contribution in [0.4, 0.5) is 0 Å². The van der Waals surface area contributed by atoms with Crippen LogP contribution in [0.5, 0.6) is 0 Å². The van der Waals surface area contributed by atoms with Crippen LogP contribution in [0.1, 0.15) is 90.4 Å². The Kier molecular flexibility index (Phi) is 5.54. The largest absolute Gasteiger partial charge is 0.325 e. The SMILES string of the molecule is CCCCCC1(N)CCCCC1C1CCCCC1. The summed E-state index contributed by atoms with van der Waals surface area (Å²) < 4.78 is 0. The first-order valence-corrected chi connectivity index (χ1v) is 8.55. The molecule has 0 saturated heterocycles. The third-order valence-electron chi connectivity index (χ3n) is 5.61. The maximum Gasteiger partial charge on any atom is 0.0185 e. The van der Waals surface area contributed by atoms with Crippen LogP contribution in [0.15, 0.2) is 0 Å². The molecular formula is C17H33N. The van der Waals surface area contributed by atoms with E-state index in [0.717, 1.165) is 11.8 Å². The standard InChI is InChI=1S/C17H33N/c1-2-3-8-13-17(18)14-9-7-12-16(17)15-10-5-4-6-11-15/h15-16H,2-14,18H2,1H3. The molecule has 2 unspecified atom stereocenters. The summed E-state index contributed by atoms with van der Waals surface area (Å²) in [4.78, 5) is 0. The molecule has 2 atom stereocenters. The van der Waals surface area contributed by atoms with E-state index < -0.39 is 0 Å². The van der Waals surface area contributed by atoms with Crippen LogP contribution in [-0.4, -0.2) is 5.54 Å². The van der Waals surface area contributed by atoms with Crippen LogP contribution in [0.2, 0.25) is 0 Å². The van der Waals surface area contributed by atoms with Crippen LogP contribution >= 0.6 is 0 Å². The van der Waals surface area contributed by atoms with Gasteiger partial charge in [-0.1, -0.05) is 71.1 Å². The molecule has 2 aliphatic rings. The summed E-state index contributed by atoms with van der Waals surface area (Å²) in [6.07, 6.45) is 18.2. The quantitative estimate of drug-likeness (QED) is 0.681. The summed E-state index contributed by atoms with van der Waals surface area (Å²) in [6.45, 7) is 2.29. The van der Waals surface area contributed by atoms with Gasteiger partial charge in [-0.3, -0.25) is 0 Å². The van der Waals surface area contributed by atoms with Crippen molar-refractivity contribution >= 4 is 0 Å². The third kappa shape index (κ3) is 3.50. The van der Waals surface area contributed by atoms with E-state index >= 15 is 0 Å². The van der Waals surface area contributed by atoms with Gasteiger partial charge in [0.1, 0.15) is 0 Å². The molecule has 2 rings (SSSR count). The molecule has 0 amide bonds. The van der Waals surface area contributed by atoms with E-state index in [0.29, 0.717) is 0 Å². The third-order valence-corrected chi connectivity index (χ3v) is 5.61. The molecule has 0 aromatic heterocycles. The Morgan fingerprint density at radius 2 is 1.67 bits per heavy atom. The summed E-state index contributed by atoms with van der Waals surface area (Å²) in [5, 5.41) is 0. The summed E-state index contributed by atoms with van der Waals surface area (Å²) in [5.74, 6) is 1.81. The highest BCUT2D eigenvalue weighted by Gasteiger charge is 2.40. The second kappa shape index (κ2) is 6.93. The van der Waals surface area contributed by atoms with Crippen molar-refractivity contribution in [3.8, 4) is 0 Å². The van der Waals surface area contributed by atoms with E-state index in [1.807, 2.05) is 0 Å². The van der Waals surface area contributed by atoms with E-state index in [4.69, 9.17) is 5.73 Å². The highest BCUT2D eigenvalue weighted by Crippen LogP contribution is 2.44. The van der Waals surface area contributed by atoms with Gasteiger partial charge in [-0.15, -0.1) is 0 Å². The number of hydrogen-bond donors (Lipinski definition) is 1. The Labute approximate surface area is 114 Å². The Hall–Kier alpha value is -0.0400. The zero-order valence-electron chi connectivity index (χ0n) is 12.4. The van der Waals surface area contributed by atoms with Crippen molar-refractivity contribution in [2.45, 2.75) is 95.9 Å². The second-order valence-corrected chi connectivity index (χ2v) is 6.94. The van der Waals surface area contributed by atoms with Gasteiger partial charge >= 0.3 is 0 Å². The van der Waals surface area contributed by atoms with Crippen molar-refractivity contribution in [2.75, 3.05) is 0 Å². The molecule has 1 nitrogen and oxygen atoms in total. The first kappa shape index (κ1) is 14.4. The van der Waals surface area contributed by atoms with E-state index in [1.165, 1.54) is 83.5 Å². The Morgan fingerprint density at radius 1 is 0.944 bits per heavy atom. The van der Waals surface area contributed by atoms with Gasteiger partial charge in [0.15, 0.2) is 0 Å². The molecule has 0 radical (unpaired) electrons. The van der Waals surface area contributed by atoms with Crippen LogP contribution in [0.25, 0.3) is 0 Å². The zero-order valence-corrected chi connectivity index (χ0v) is 12.4. The topological polar surface area (TPSA) is 26.0 Å². The predicted molar refractivity (Wildman–Crippen MR) is 79.6 cm³/mol. The number of rotatable bonds is 5. The van der Waals surface area contributed by atoms with Crippen molar-refractivity contribution in [1.82, 2.24) is 0 Å². The summed E-state index contributed by atoms with van der Waals surface area (Å²) in [6, 6.07) is 0. The van der Waals surface area contributed by atoms with Gasteiger partial charge in [0.25, 0.3) is 0 Å². The molecular weight excluding hydrogens is 218 g/mol. The Balaban J connectivity index is 1.94. The molecule has 2 N–H and O–H groups in total. The van der Waals surface area contributed by atoms with Crippen LogP contribution < -0.4 is 5.73 Å². The van der Waals surface area contributed by atoms with Gasteiger partial charge in [0.05, 0.1) is 0 Å². The fourth-order valence-corrected chi connectivity index (χ4v) is 4.55. The van der Waals surface area contributed by atoms with Crippen LogP contribution in [0.3, 0.4) is 0 Å². The lowest BCUT2D eigenvalue weighted by molar-refractivity contribution is 0.0909. The maximum absolute atomic E-state index is 6.87. The molecule has 0 heterocycles. The van der Waals surface area contributed by atoms with Gasteiger partial charge in [-0.2, -0.15) is 0 Å². The fourth-order valence-electron chi connectivity index (χ4n) is 4.55. The summed E-state index contributed by atoms with van der Waals surface area (Å²) in [7, 11) is 0. The first-order chi connectivity index (χ1) is 8.76. The minimum Gasteiger partial charge on any atom is -0.325 e. The smallest absolute Gasteiger partial charge is 0.0185 e. The second-order valence-electron chi connectivity index (χ2n) is 6.94. The van der Waals surface area contributed by atoms with Crippen LogP contribution in [-0.2, 0) is 0 Å². The average Bonchev–Trinajstić information content (AvgIpc) is 2.40. The van der Waals surface area contributed by atoms with Crippen molar-refractivity contribution in [3.63, 3.8) is 0 Å². The Morgan fingerprint density at radius 3 is 2.39 bits per heavy atom. The van der Waals surface area contributed by atoms with Crippen molar-refractivity contribution in [1.29, 1.82) is 0 Å². The molecule has 1 heteroatoms. The van der Waals surface area contributed by atoms with E-state index in [9.17, 15) is 0 Å². The van der Waals surface area contributed by atoms with Crippen molar-refractivity contribution in [2.24, 2.45) is 17.6 Å². The molecule has 2 saturated carbocycles. The number of unbranched alkanes of at least 4 members (excludes halogenated alkanes) is 2. The van der Waals surface area contributed by atoms with Gasteiger partial charge < -0.3 is 5.73 Å². The monoisotopic (exact) mass is 251 g/mol. The van der Waals surface area contributed by atoms with Gasteiger partial charge in [0, 0.05) is 5.54 Å². The van der Waals surface area contributed by atoms with E-state index in [2.05, 4.69) is 6.92 Å². The highest BCUT2D eigenvalue weighted by atomic mass is 14.8. The molecule has 2 aliphatic carbocycles. The number of hydrogen-bond acceptors (Lipinski definition) is 1. The van der Waals surface area contributed by atoms with Crippen molar-refractivity contribution in [3.05, 3.63) is 0 Å². The highest BCUT2D eigenvalue weighted by molar-refractivity contribution is 4.97. The predicted octanol–water partition coefficient (Wildman–Crippen LogP) is 5.03. The lowest BCUT2D eigenvalue weighted by atomic mass is 9.62. The zero-order chi connectivity index (χ0) is 12.8. The molecule has 2 fully saturated rings. The lowest BCUT2D eigenvalue weighted by Gasteiger charge is -2.46. The lowest BCUT2D eigenvalue weighted by Crippen LogP contribution is -2.52. The molecule has 106 valence electrons. The van der Waals surface area contributed by atoms with Crippen molar-refractivity contribution < 1.29 is 0 Å². The molecule has 0 aliphatic heterocycles. The molecule has 0 bridgehead atoms. The first-order valence-electron chi connectivity index (χ1n) is 8.55. The van der Waals surface area contributed by atoms with Gasteiger partial charge in [0.2, 0.25) is 0 Å². The minimum absolute atomic E-state index is 0.204. The van der Waals surface area contributed by atoms with Gasteiger partial charge in [-0.25, -0.2) is 0 Å². The van der Waals surface area contributed by atoms with Gasteiger partial charge in [-0.05, 0) is 31.1 Å². The van der Waals surface area contributed by atoms with E-state index in [-0.39, 0.29) is 5.54 Å². The molecule has 0 aromatic carbocycles. The Bertz CT molecular complexity index is 232. The summed E-state index contributed by atoms with van der Waals surface area (Å²) in [5.41, 5.74) is 7.08. The summed E-state index contributed by atoms with van der Waals surface area (Å²) >= 11 is 0. The minimum atomic E-state index is 0.204. The molecule has 18 heavy (non-hydrogen) atoms. The fraction of sp³-hybridized carbons (Fsp3) is 1.00. The number of nitrogens with two attached hydrogens (primary N) is 1. The maximum atomic E-state index is 6.87. The van der Waals surface area contributed by atoms with E-state index in [1.54, 1.807) is 0 Å².